The van der Waals surface area contributed by atoms with Crippen molar-refractivity contribution in [2.75, 3.05) is 6.54 Å². The SMILES string of the molecule is C=CS(=O)(=O)NCCCCCC#N. The van der Waals surface area contributed by atoms with E-state index >= 15 is 0 Å². The minimum atomic E-state index is -3.26. The normalized spacial score (nSPS) is 10.7. The summed E-state index contributed by atoms with van der Waals surface area (Å²) >= 11 is 0. The molecule has 0 amide bonds. The highest BCUT2D eigenvalue weighted by atomic mass is 32.2. The monoisotopic (exact) mass is 202 g/mol. The van der Waals surface area contributed by atoms with Crippen molar-refractivity contribution in [3.8, 4) is 6.07 Å². The average Bonchev–Trinajstić information content (AvgIpc) is 2.11. The molecule has 0 bridgehead atoms. The van der Waals surface area contributed by atoms with Gasteiger partial charge in [0.15, 0.2) is 0 Å². The zero-order valence-corrected chi connectivity index (χ0v) is 8.31. The third-order valence-electron chi connectivity index (χ3n) is 1.49. The minimum absolute atomic E-state index is 0.416. The summed E-state index contributed by atoms with van der Waals surface area (Å²) in [6, 6.07) is 2.03. The molecule has 0 aromatic carbocycles. The van der Waals surface area contributed by atoms with Crippen LogP contribution in [0.25, 0.3) is 0 Å². The zero-order chi connectivity index (χ0) is 10.2. The van der Waals surface area contributed by atoms with Crippen molar-refractivity contribution in [1.29, 1.82) is 5.26 Å². The van der Waals surface area contributed by atoms with Crippen molar-refractivity contribution in [1.82, 2.24) is 4.72 Å². The van der Waals surface area contributed by atoms with E-state index in [2.05, 4.69) is 11.3 Å². The highest BCUT2D eigenvalue weighted by Crippen LogP contribution is 1.97. The molecule has 0 aromatic heterocycles. The quantitative estimate of drug-likeness (QED) is 0.629. The fraction of sp³-hybridized carbons (Fsp3) is 0.625. The predicted octanol–water partition coefficient (Wildman–Crippen LogP) is 1.13. The van der Waals surface area contributed by atoms with Gasteiger partial charge in [0.1, 0.15) is 0 Å². The molecule has 0 spiro atoms. The molecule has 0 aliphatic rings. The second-order valence-corrected chi connectivity index (χ2v) is 4.29. The molecule has 0 saturated carbocycles. The first kappa shape index (κ1) is 12.1. The van der Waals surface area contributed by atoms with Gasteiger partial charge in [-0.25, -0.2) is 13.1 Å². The Hall–Kier alpha value is -0.860. The first-order valence-corrected chi connectivity index (χ1v) is 5.66. The first-order valence-electron chi connectivity index (χ1n) is 4.11. The second kappa shape index (κ2) is 6.63. The number of nitriles is 1. The number of unbranched alkanes of at least 4 members (excludes halogenated alkanes) is 3. The Balaban J connectivity index is 3.37. The Morgan fingerprint density at radius 1 is 1.38 bits per heavy atom. The van der Waals surface area contributed by atoms with E-state index in [1.807, 2.05) is 6.07 Å². The van der Waals surface area contributed by atoms with E-state index in [4.69, 9.17) is 5.26 Å². The Morgan fingerprint density at radius 3 is 2.62 bits per heavy atom. The Morgan fingerprint density at radius 2 is 2.08 bits per heavy atom. The number of hydrogen-bond donors (Lipinski definition) is 1. The zero-order valence-electron chi connectivity index (χ0n) is 7.49. The van der Waals surface area contributed by atoms with Crippen LogP contribution in [0.3, 0.4) is 0 Å². The third kappa shape index (κ3) is 7.50. The minimum Gasteiger partial charge on any atom is -0.212 e. The number of sulfonamides is 1. The smallest absolute Gasteiger partial charge is 0.212 e. The summed E-state index contributed by atoms with van der Waals surface area (Å²) in [5.41, 5.74) is 0. The maximum Gasteiger partial charge on any atom is 0.233 e. The van der Waals surface area contributed by atoms with Crippen molar-refractivity contribution >= 4 is 10.0 Å². The maximum absolute atomic E-state index is 10.8. The Labute approximate surface area is 79.3 Å². The molecule has 0 saturated heterocycles. The van der Waals surface area contributed by atoms with E-state index in [0.717, 1.165) is 24.7 Å². The van der Waals surface area contributed by atoms with Crippen LogP contribution in [-0.2, 0) is 10.0 Å². The lowest BCUT2D eigenvalue weighted by Gasteiger charge is -2.00. The fourth-order valence-corrected chi connectivity index (χ4v) is 1.33. The molecule has 5 heteroatoms. The molecule has 1 N–H and O–H groups in total. The largest absolute Gasteiger partial charge is 0.233 e. The van der Waals surface area contributed by atoms with E-state index in [-0.39, 0.29) is 0 Å². The summed E-state index contributed by atoms with van der Waals surface area (Å²) in [5.74, 6) is 0. The molecule has 0 heterocycles. The van der Waals surface area contributed by atoms with Crippen LogP contribution < -0.4 is 4.72 Å². The number of hydrogen-bond acceptors (Lipinski definition) is 3. The lowest BCUT2D eigenvalue weighted by Crippen LogP contribution is -2.21. The third-order valence-corrected chi connectivity index (χ3v) is 2.53. The van der Waals surface area contributed by atoms with Crippen LogP contribution in [0, 0.1) is 11.3 Å². The van der Waals surface area contributed by atoms with Crippen LogP contribution in [-0.4, -0.2) is 15.0 Å². The van der Waals surface area contributed by atoms with Crippen molar-refractivity contribution in [2.45, 2.75) is 25.7 Å². The van der Waals surface area contributed by atoms with Gasteiger partial charge in [-0.2, -0.15) is 5.26 Å². The molecular formula is C8H14N2O2S. The summed E-state index contributed by atoms with van der Waals surface area (Å²) in [6.07, 6.45) is 2.99. The van der Waals surface area contributed by atoms with Gasteiger partial charge in [-0.1, -0.05) is 13.0 Å². The Bertz CT molecular complexity index is 277. The molecule has 0 aliphatic heterocycles. The van der Waals surface area contributed by atoms with Gasteiger partial charge in [0.05, 0.1) is 6.07 Å². The Kier molecular flexibility index (Phi) is 6.20. The van der Waals surface area contributed by atoms with Gasteiger partial charge in [-0.05, 0) is 12.8 Å². The van der Waals surface area contributed by atoms with Crippen LogP contribution in [0.15, 0.2) is 12.0 Å². The van der Waals surface area contributed by atoms with Crippen LogP contribution >= 0.6 is 0 Å². The van der Waals surface area contributed by atoms with Gasteiger partial charge >= 0.3 is 0 Å². The van der Waals surface area contributed by atoms with Crippen LogP contribution in [0.2, 0.25) is 0 Å². The summed E-state index contributed by atoms with van der Waals surface area (Å²) in [5, 5.41) is 9.11. The van der Waals surface area contributed by atoms with Crippen molar-refractivity contribution in [3.63, 3.8) is 0 Å². The standard InChI is InChI=1S/C8H14N2O2S/c1-2-13(11,12)10-8-6-4-3-5-7-9/h2,10H,1,3-6,8H2. The van der Waals surface area contributed by atoms with Crippen molar-refractivity contribution < 1.29 is 8.42 Å². The van der Waals surface area contributed by atoms with Crippen LogP contribution in [0.5, 0.6) is 0 Å². The molecule has 4 nitrogen and oxygen atoms in total. The average molecular weight is 202 g/mol. The van der Waals surface area contributed by atoms with Gasteiger partial charge in [0, 0.05) is 18.4 Å². The molecular weight excluding hydrogens is 188 g/mol. The van der Waals surface area contributed by atoms with Gasteiger partial charge in [0.2, 0.25) is 10.0 Å². The van der Waals surface area contributed by atoms with E-state index in [9.17, 15) is 8.42 Å². The summed E-state index contributed by atoms with van der Waals surface area (Å²) in [6.45, 7) is 3.58. The van der Waals surface area contributed by atoms with Crippen molar-refractivity contribution in [2.24, 2.45) is 0 Å². The molecule has 0 aromatic rings. The number of nitrogens with zero attached hydrogens (tertiary/aromatic N) is 1. The second-order valence-electron chi connectivity index (χ2n) is 2.57. The summed E-state index contributed by atoms with van der Waals surface area (Å²) in [4.78, 5) is 0. The number of rotatable bonds is 7. The number of nitrogens with one attached hydrogen (secondary N) is 1. The van der Waals surface area contributed by atoms with E-state index in [0.29, 0.717) is 13.0 Å². The molecule has 0 aliphatic carbocycles. The van der Waals surface area contributed by atoms with E-state index in [1.165, 1.54) is 0 Å². The topological polar surface area (TPSA) is 70.0 Å². The first-order chi connectivity index (χ1) is 6.12. The highest BCUT2D eigenvalue weighted by Gasteiger charge is 2.00. The van der Waals surface area contributed by atoms with Crippen molar-refractivity contribution in [3.05, 3.63) is 12.0 Å². The van der Waals surface area contributed by atoms with Gasteiger partial charge < -0.3 is 0 Å². The lowest BCUT2D eigenvalue weighted by molar-refractivity contribution is 0.584. The molecule has 74 valence electrons. The molecule has 13 heavy (non-hydrogen) atoms. The van der Waals surface area contributed by atoms with E-state index < -0.39 is 10.0 Å². The summed E-state index contributed by atoms with van der Waals surface area (Å²) < 4.78 is 24.0. The van der Waals surface area contributed by atoms with Crippen LogP contribution in [0.4, 0.5) is 0 Å². The highest BCUT2D eigenvalue weighted by molar-refractivity contribution is 7.92. The molecule has 0 rings (SSSR count). The predicted molar refractivity (Wildman–Crippen MR) is 51.2 cm³/mol. The molecule has 0 atom stereocenters. The van der Waals surface area contributed by atoms with Gasteiger partial charge in [0.25, 0.3) is 0 Å². The van der Waals surface area contributed by atoms with Gasteiger partial charge in [-0.3, -0.25) is 0 Å². The van der Waals surface area contributed by atoms with Crippen LogP contribution in [0.1, 0.15) is 25.7 Å². The molecule has 0 unspecified atom stereocenters. The lowest BCUT2D eigenvalue weighted by atomic mass is 10.2. The van der Waals surface area contributed by atoms with E-state index in [1.54, 1.807) is 0 Å². The molecule has 0 fully saturated rings. The van der Waals surface area contributed by atoms with Gasteiger partial charge in [-0.15, -0.1) is 0 Å². The molecule has 0 radical (unpaired) electrons. The fourth-order valence-electron chi connectivity index (χ4n) is 0.779. The summed E-state index contributed by atoms with van der Waals surface area (Å²) in [7, 11) is -3.26. The maximum atomic E-state index is 10.8.